The van der Waals surface area contributed by atoms with E-state index in [2.05, 4.69) is 48.5 Å². The summed E-state index contributed by atoms with van der Waals surface area (Å²) in [6, 6.07) is 3.68. The highest BCUT2D eigenvalue weighted by molar-refractivity contribution is 5.93. The summed E-state index contributed by atoms with van der Waals surface area (Å²) >= 11 is 0. The lowest BCUT2D eigenvalue weighted by Crippen LogP contribution is -2.28. The van der Waals surface area contributed by atoms with E-state index in [1.54, 1.807) is 12.3 Å². The molecule has 112 valence electrons. The van der Waals surface area contributed by atoms with Crippen molar-refractivity contribution in [3.63, 3.8) is 0 Å². The Balaban J connectivity index is 2.46. The summed E-state index contributed by atoms with van der Waals surface area (Å²) in [6.45, 7) is 6.73. The molecule has 2 N–H and O–H groups in total. The van der Waals surface area contributed by atoms with Gasteiger partial charge >= 0.3 is 0 Å². The zero-order valence-corrected chi connectivity index (χ0v) is 12.9. The van der Waals surface area contributed by atoms with Crippen LogP contribution in [0.3, 0.4) is 0 Å². The lowest BCUT2D eigenvalue weighted by atomic mass is 10.2. The molecule has 0 unspecified atom stereocenters. The van der Waals surface area contributed by atoms with Gasteiger partial charge in [-0.05, 0) is 45.1 Å². The summed E-state index contributed by atoms with van der Waals surface area (Å²) in [6.07, 6.45) is 2.72. The molecular weight excluding hydrogens is 252 g/mol. The number of rotatable bonds is 8. The van der Waals surface area contributed by atoms with Gasteiger partial charge in [-0.3, -0.25) is 9.78 Å². The second-order valence-corrected chi connectivity index (χ2v) is 5.62. The minimum atomic E-state index is -0.115. The minimum absolute atomic E-state index is 0.115. The first kappa shape index (κ1) is 16.4. The van der Waals surface area contributed by atoms with Gasteiger partial charge in [0.25, 0.3) is 5.91 Å². The van der Waals surface area contributed by atoms with Crippen LogP contribution in [0.4, 0.5) is 5.69 Å². The van der Waals surface area contributed by atoms with Gasteiger partial charge in [-0.2, -0.15) is 0 Å². The van der Waals surface area contributed by atoms with Crippen LogP contribution in [0.1, 0.15) is 30.8 Å². The predicted molar refractivity (Wildman–Crippen MR) is 83.1 cm³/mol. The number of anilines is 1. The van der Waals surface area contributed by atoms with Crippen LogP contribution in [0.2, 0.25) is 0 Å². The van der Waals surface area contributed by atoms with E-state index in [0.29, 0.717) is 18.2 Å². The highest BCUT2D eigenvalue weighted by atomic mass is 16.1. The molecule has 1 amide bonds. The summed E-state index contributed by atoms with van der Waals surface area (Å²) in [5.74, 6) is 0.321. The Morgan fingerprint density at radius 1 is 1.40 bits per heavy atom. The molecule has 1 rings (SSSR count). The van der Waals surface area contributed by atoms with Crippen LogP contribution < -0.4 is 10.6 Å². The van der Waals surface area contributed by atoms with Crippen LogP contribution in [0, 0.1) is 5.92 Å². The number of carbonyl (C=O) groups excluding carboxylic acids is 1. The summed E-state index contributed by atoms with van der Waals surface area (Å²) in [4.78, 5) is 18.2. The van der Waals surface area contributed by atoms with Crippen LogP contribution in [0.15, 0.2) is 18.3 Å². The molecule has 0 aliphatic carbocycles. The second kappa shape index (κ2) is 8.53. The van der Waals surface area contributed by atoms with Gasteiger partial charge in [-0.1, -0.05) is 13.8 Å². The highest BCUT2D eigenvalue weighted by Crippen LogP contribution is 2.08. The largest absolute Gasteiger partial charge is 0.385 e. The highest BCUT2D eigenvalue weighted by Gasteiger charge is 2.08. The Bertz CT molecular complexity index is 418. The smallest absolute Gasteiger partial charge is 0.269 e. The van der Waals surface area contributed by atoms with Gasteiger partial charge < -0.3 is 15.5 Å². The van der Waals surface area contributed by atoms with Crippen molar-refractivity contribution in [2.24, 2.45) is 5.92 Å². The van der Waals surface area contributed by atoms with Crippen LogP contribution in [0.5, 0.6) is 0 Å². The zero-order chi connectivity index (χ0) is 15.0. The van der Waals surface area contributed by atoms with Gasteiger partial charge in [-0.25, -0.2) is 0 Å². The first-order valence-electron chi connectivity index (χ1n) is 7.12. The number of hydrogen-bond acceptors (Lipinski definition) is 4. The number of carbonyl (C=O) groups is 1. The normalized spacial score (nSPS) is 10.9. The van der Waals surface area contributed by atoms with Crippen LogP contribution in [-0.2, 0) is 0 Å². The topological polar surface area (TPSA) is 57.3 Å². The molecule has 1 heterocycles. The van der Waals surface area contributed by atoms with Gasteiger partial charge in [0.15, 0.2) is 0 Å². The minimum Gasteiger partial charge on any atom is -0.385 e. The molecule has 1 aromatic rings. The SMILES string of the molecule is CC(C)CNC(=O)c1cc(NCCCN(C)C)ccn1. The number of aromatic nitrogens is 1. The fourth-order valence-corrected chi connectivity index (χ4v) is 1.68. The van der Waals surface area contributed by atoms with Crippen molar-refractivity contribution in [2.45, 2.75) is 20.3 Å². The molecule has 0 aliphatic rings. The predicted octanol–water partition coefficient (Wildman–Crippen LogP) is 1.83. The molecule has 5 nitrogen and oxygen atoms in total. The van der Waals surface area contributed by atoms with Crippen LogP contribution in [0.25, 0.3) is 0 Å². The Labute approximate surface area is 121 Å². The molecule has 0 radical (unpaired) electrons. The molecular formula is C15H26N4O. The van der Waals surface area contributed by atoms with Crippen molar-refractivity contribution < 1.29 is 4.79 Å². The maximum absolute atomic E-state index is 11.9. The lowest BCUT2D eigenvalue weighted by Gasteiger charge is -2.11. The Morgan fingerprint density at radius 2 is 2.15 bits per heavy atom. The third kappa shape index (κ3) is 6.52. The van der Waals surface area contributed by atoms with E-state index in [1.165, 1.54) is 0 Å². The Morgan fingerprint density at radius 3 is 2.80 bits per heavy atom. The molecule has 0 atom stereocenters. The first-order chi connectivity index (χ1) is 9.49. The van der Waals surface area contributed by atoms with Gasteiger partial charge in [0, 0.05) is 25.0 Å². The molecule has 5 heteroatoms. The van der Waals surface area contributed by atoms with Crippen molar-refractivity contribution in [2.75, 3.05) is 39.0 Å². The van der Waals surface area contributed by atoms with Crippen molar-refractivity contribution in [3.8, 4) is 0 Å². The van der Waals surface area contributed by atoms with Crippen LogP contribution in [-0.4, -0.2) is 49.5 Å². The summed E-state index contributed by atoms with van der Waals surface area (Å²) in [7, 11) is 4.12. The molecule has 0 spiro atoms. The third-order valence-electron chi connectivity index (χ3n) is 2.77. The van der Waals surface area contributed by atoms with E-state index >= 15 is 0 Å². The van der Waals surface area contributed by atoms with Crippen molar-refractivity contribution >= 4 is 11.6 Å². The number of nitrogens with zero attached hydrogens (tertiary/aromatic N) is 2. The lowest BCUT2D eigenvalue weighted by molar-refractivity contribution is 0.0944. The molecule has 0 bridgehead atoms. The van der Waals surface area contributed by atoms with Crippen molar-refractivity contribution in [1.29, 1.82) is 0 Å². The molecule has 0 fully saturated rings. The van der Waals surface area contributed by atoms with E-state index in [1.807, 2.05) is 6.07 Å². The Hall–Kier alpha value is -1.62. The molecule has 0 aliphatic heterocycles. The first-order valence-corrected chi connectivity index (χ1v) is 7.12. The maximum Gasteiger partial charge on any atom is 0.269 e. The number of nitrogens with one attached hydrogen (secondary N) is 2. The average molecular weight is 278 g/mol. The fourth-order valence-electron chi connectivity index (χ4n) is 1.68. The zero-order valence-electron chi connectivity index (χ0n) is 12.9. The molecule has 0 aromatic carbocycles. The summed E-state index contributed by atoms with van der Waals surface area (Å²) in [5, 5.41) is 6.19. The third-order valence-corrected chi connectivity index (χ3v) is 2.77. The Kier molecular flexibility index (Phi) is 7.01. The van der Waals surface area contributed by atoms with Gasteiger partial charge in [-0.15, -0.1) is 0 Å². The molecule has 0 saturated carbocycles. The summed E-state index contributed by atoms with van der Waals surface area (Å²) < 4.78 is 0. The molecule has 0 saturated heterocycles. The van der Waals surface area contributed by atoms with E-state index in [4.69, 9.17) is 0 Å². The van der Waals surface area contributed by atoms with Gasteiger partial charge in [0.05, 0.1) is 0 Å². The van der Waals surface area contributed by atoms with Crippen LogP contribution >= 0.6 is 0 Å². The average Bonchev–Trinajstić information content (AvgIpc) is 2.41. The van der Waals surface area contributed by atoms with E-state index < -0.39 is 0 Å². The quantitative estimate of drug-likeness (QED) is 0.712. The number of amides is 1. The monoisotopic (exact) mass is 278 g/mol. The van der Waals surface area contributed by atoms with Gasteiger partial charge in [0.1, 0.15) is 5.69 Å². The van der Waals surface area contributed by atoms with E-state index in [-0.39, 0.29) is 5.91 Å². The second-order valence-electron chi connectivity index (χ2n) is 5.62. The van der Waals surface area contributed by atoms with E-state index in [9.17, 15) is 4.79 Å². The van der Waals surface area contributed by atoms with E-state index in [0.717, 1.165) is 25.2 Å². The fraction of sp³-hybridized carbons (Fsp3) is 0.600. The maximum atomic E-state index is 11.9. The number of pyridine rings is 1. The van der Waals surface area contributed by atoms with Crippen molar-refractivity contribution in [3.05, 3.63) is 24.0 Å². The van der Waals surface area contributed by atoms with Gasteiger partial charge in [0.2, 0.25) is 0 Å². The molecule has 20 heavy (non-hydrogen) atoms. The number of hydrogen-bond donors (Lipinski definition) is 2. The molecule has 1 aromatic heterocycles. The summed E-state index contributed by atoms with van der Waals surface area (Å²) in [5.41, 5.74) is 1.40. The van der Waals surface area contributed by atoms with Crippen molar-refractivity contribution in [1.82, 2.24) is 15.2 Å². The standard InChI is InChI=1S/C15H26N4O/c1-12(2)11-18-15(20)14-10-13(6-8-17-14)16-7-5-9-19(3)4/h6,8,10,12H,5,7,9,11H2,1-4H3,(H,16,17)(H,18,20).